The molecule has 1 spiro atoms. The Bertz CT molecular complexity index is 949. The van der Waals surface area contributed by atoms with Gasteiger partial charge in [-0.1, -0.05) is 6.07 Å². The molecule has 3 aliphatic carbocycles. The van der Waals surface area contributed by atoms with Crippen molar-refractivity contribution in [2.24, 2.45) is 11.7 Å². The molecule has 156 valence electrons. The van der Waals surface area contributed by atoms with Gasteiger partial charge in [0, 0.05) is 30.7 Å². The normalized spacial score (nSPS) is 41.2. The molecule has 6 rings (SSSR count). The fraction of sp³-hybridized carbons (Fsp3) is 0.619. The van der Waals surface area contributed by atoms with Crippen LogP contribution in [-0.4, -0.2) is 52.3 Å². The van der Waals surface area contributed by atoms with E-state index in [0.717, 1.165) is 24.0 Å². The van der Waals surface area contributed by atoms with E-state index in [1.807, 2.05) is 6.07 Å². The number of carbonyl (C=O) groups is 2. The van der Waals surface area contributed by atoms with Crippen molar-refractivity contribution in [3.63, 3.8) is 0 Å². The largest absolute Gasteiger partial charge is 0.632 e. The first-order valence-electron chi connectivity index (χ1n) is 10.3. The van der Waals surface area contributed by atoms with E-state index in [1.54, 1.807) is 6.07 Å². The van der Waals surface area contributed by atoms with Crippen molar-refractivity contribution in [3.8, 4) is 5.75 Å². The lowest BCUT2D eigenvalue weighted by molar-refractivity contribution is -0.923. The van der Waals surface area contributed by atoms with Crippen LogP contribution in [0.1, 0.15) is 53.6 Å². The maximum absolute atomic E-state index is 13.9. The van der Waals surface area contributed by atoms with E-state index in [4.69, 9.17) is 10.5 Å². The smallest absolute Gasteiger partial charge is 0.252 e. The van der Waals surface area contributed by atoms with Crippen molar-refractivity contribution in [2.45, 2.75) is 61.7 Å². The highest BCUT2D eigenvalue weighted by molar-refractivity contribution is 5.98. The number of hydrogen-bond donors (Lipinski definition) is 2. The number of hydrogen-bond acceptors (Lipinski definition) is 5. The highest BCUT2D eigenvalue weighted by atomic mass is 35.5. The molecule has 0 aromatic heterocycles. The van der Waals surface area contributed by atoms with Crippen molar-refractivity contribution in [1.29, 1.82) is 0 Å². The lowest BCUT2D eigenvalue weighted by Gasteiger charge is -2.67. The molecule has 8 heteroatoms. The summed E-state index contributed by atoms with van der Waals surface area (Å²) >= 11 is 0. The van der Waals surface area contributed by atoms with E-state index in [1.165, 1.54) is 0 Å². The number of benzene rings is 1. The topological polar surface area (TPSA) is 113 Å². The molecule has 1 unspecified atom stereocenters. The molecule has 5 aliphatic rings. The number of rotatable bonds is 3. The Morgan fingerprint density at radius 1 is 1.34 bits per heavy atom. The molecule has 3 fully saturated rings. The first-order valence-corrected chi connectivity index (χ1v) is 10.3. The summed E-state index contributed by atoms with van der Waals surface area (Å²) < 4.78 is 5.71. The van der Waals surface area contributed by atoms with Gasteiger partial charge in [-0.15, -0.1) is 12.4 Å². The third-order valence-corrected chi connectivity index (χ3v) is 8.14. The maximum atomic E-state index is 13.9. The summed E-state index contributed by atoms with van der Waals surface area (Å²) in [6.45, 7) is 0.917. The number of primary amides is 1. The number of likely N-dealkylation sites (tertiary alicyclic amines) is 1. The molecule has 2 heterocycles. The van der Waals surface area contributed by atoms with Crippen LogP contribution in [0.15, 0.2) is 12.1 Å². The number of amides is 1. The lowest BCUT2D eigenvalue weighted by atomic mass is 9.48. The number of carbonyl (C=O) groups excluding carboxylic acids is 2. The maximum Gasteiger partial charge on any atom is 0.252 e. The predicted octanol–water partition coefficient (Wildman–Crippen LogP) is 1.35. The monoisotopic (exact) mass is 420 g/mol. The first-order chi connectivity index (χ1) is 13.3. The molecule has 1 aromatic carbocycles. The second-order valence-corrected chi connectivity index (χ2v) is 9.47. The Kier molecular flexibility index (Phi) is 3.81. The Balaban J connectivity index is 0.00000181. The molecule has 1 aromatic rings. The molecule has 2 saturated carbocycles. The summed E-state index contributed by atoms with van der Waals surface area (Å²) in [6, 6.07) is 2.97. The van der Waals surface area contributed by atoms with Crippen LogP contribution in [0.5, 0.6) is 5.75 Å². The number of aliphatic hydroxyl groups is 1. The van der Waals surface area contributed by atoms with Gasteiger partial charge in [-0.2, -0.15) is 0 Å². The highest BCUT2D eigenvalue weighted by Gasteiger charge is 2.76. The molecule has 7 nitrogen and oxygen atoms in total. The van der Waals surface area contributed by atoms with Gasteiger partial charge < -0.3 is 25.4 Å². The number of nitrogens with two attached hydrogens (primary N) is 1. The summed E-state index contributed by atoms with van der Waals surface area (Å²) in [6.07, 6.45) is 2.66. The van der Waals surface area contributed by atoms with Crippen LogP contribution in [0.2, 0.25) is 0 Å². The highest BCUT2D eigenvalue weighted by Crippen LogP contribution is 2.65. The zero-order chi connectivity index (χ0) is 19.5. The molecule has 1 amide bonds. The standard InChI is InChI=1S/C21H24N2O5.ClH/c22-19(25)13-4-3-12-9-15-21(26)6-5-14(24)18-20(21,16(12)17(13)28-18)7-8-23(15,27)10-11-1-2-11;/h3-4,11,15,18,26H,1-2,5-10H2,(H2,22,25);1H/t15-,18+,20+,21-,23?;/m1./s1. The first kappa shape index (κ1) is 19.3. The van der Waals surface area contributed by atoms with Crippen LogP contribution in [0.3, 0.4) is 0 Å². The molecule has 2 aliphatic heterocycles. The lowest BCUT2D eigenvalue weighted by Crippen LogP contribution is -2.80. The SMILES string of the molecule is Cl.NC(=O)c1ccc2c3c1O[C@H]1C(=O)CC[C@@]4(O)[C@@H](C2)[N+]([O-])(CC2CC2)CC[C@]314. The van der Waals surface area contributed by atoms with E-state index >= 15 is 0 Å². The minimum atomic E-state index is -1.30. The number of nitrogens with zero attached hydrogens (tertiary/aromatic N) is 1. The van der Waals surface area contributed by atoms with Gasteiger partial charge in [0.1, 0.15) is 17.4 Å². The third kappa shape index (κ3) is 2.14. The minimum Gasteiger partial charge on any atom is -0.632 e. The van der Waals surface area contributed by atoms with Crippen LogP contribution in [0.4, 0.5) is 0 Å². The fourth-order valence-corrected chi connectivity index (χ4v) is 6.75. The molecule has 29 heavy (non-hydrogen) atoms. The van der Waals surface area contributed by atoms with Crippen LogP contribution in [-0.2, 0) is 16.6 Å². The quantitative estimate of drug-likeness (QED) is 0.566. The van der Waals surface area contributed by atoms with Crippen molar-refractivity contribution in [3.05, 3.63) is 34.0 Å². The van der Waals surface area contributed by atoms with Crippen LogP contribution >= 0.6 is 12.4 Å². The van der Waals surface area contributed by atoms with Crippen molar-refractivity contribution in [1.82, 2.24) is 0 Å². The number of Topliss-reactive ketones (excluding diaryl/α,β-unsaturated/α-hetero) is 1. The van der Waals surface area contributed by atoms with Gasteiger partial charge in [0.15, 0.2) is 11.9 Å². The minimum absolute atomic E-state index is 0. The van der Waals surface area contributed by atoms with Crippen LogP contribution in [0, 0.1) is 11.1 Å². The second kappa shape index (κ2) is 5.72. The Morgan fingerprint density at radius 2 is 2.10 bits per heavy atom. The number of ether oxygens (including phenoxy) is 1. The second-order valence-electron chi connectivity index (χ2n) is 9.47. The van der Waals surface area contributed by atoms with E-state index in [0.29, 0.717) is 37.6 Å². The van der Waals surface area contributed by atoms with Gasteiger partial charge in [-0.3, -0.25) is 9.59 Å². The number of quaternary nitrogens is 1. The summed E-state index contributed by atoms with van der Waals surface area (Å²) in [5.74, 6) is 0.140. The predicted molar refractivity (Wildman–Crippen MR) is 106 cm³/mol. The van der Waals surface area contributed by atoms with Crippen LogP contribution < -0.4 is 10.5 Å². The van der Waals surface area contributed by atoms with E-state index in [2.05, 4.69) is 0 Å². The van der Waals surface area contributed by atoms with Gasteiger partial charge in [0.25, 0.3) is 5.91 Å². The van der Waals surface area contributed by atoms with E-state index in [-0.39, 0.29) is 41.2 Å². The summed E-state index contributed by atoms with van der Waals surface area (Å²) in [4.78, 5) is 24.8. The average molecular weight is 421 g/mol. The van der Waals surface area contributed by atoms with Crippen LogP contribution in [0.25, 0.3) is 0 Å². The third-order valence-electron chi connectivity index (χ3n) is 8.14. The summed E-state index contributed by atoms with van der Waals surface area (Å²) in [5, 5.41) is 26.0. The Morgan fingerprint density at radius 3 is 2.79 bits per heavy atom. The zero-order valence-electron chi connectivity index (χ0n) is 16.1. The molecule has 2 bridgehead atoms. The molecule has 1 saturated heterocycles. The fourth-order valence-electron chi connectivity index (χ4n) is 6.75. The van der Waals surface area contributed by atoms with Crippen molar-refractivity contribution >= 4 is 24.1 Å². The summed E-state index contributed by atoms with van der Waals surface area (Å²) in [5.41, 5.74) is 5.26. The zero-order valence-corrected chi connectivity index (χ0v) is 16.9. The Hall–Kier alpha value is -1.67. The van der Waals surface area contributed by atoms with Gasteiger partial charge >= 0.3 is 0 Å². The average Bonchev–Trinajstić information content (AvgIpc) is 3.37. The van der Waals surface area contributed by atoms with Gasteiger partial charge in [-0.25, -0.2) is 0 Å². The van der Waals surface area contributed by atoms with Crippen molar-refractivity contribution < 1.29 is 24.1 Å². The molecular formula is C21H25ClN2O5. The number of piperidine rings is 1. The van der Waals surface area contributed by atoms with E-state index in [9.17, 15) is 19.9 Å². The van der Waals surface area contributed by atoms with Crippen molar-refractivity contribution in [2.75, 3.05) is 13.1 Å². The van der Waals surface area contributed by atoms with Gasteiger partial charge in [-0.05, 0) is 30.9 Å². The molecular weight excluding hydrogens is 396 g/mol. The Labute approximate surface area is 174 Å². The number of halogens is 1. The molecule has 3 N–H and O–H groups in total. The summed E-state index contributed by atoms with van der Waals surface area (Å²) in [7, 11) is 0. The number of hydroxylamine groups is 3. The van der Waals surface area contributed by atoms with Gasteiger partial charge in [0.05, 0.1) is 24.1 Å². The number of ketones is 1. The molecule has 5 atom stereocenters. The van der Waals surface area contributed by atoms with E-state index < -0.39 is 29.1 Å². The molecule has 0 radical (unpaired) electrons. The van der Waals surface area contributed by atoms with Gasteiger partial charge in [0.2, 0.25) is 0 Å².